The van der Waals surface area contributed by atoms with Gasteiger partial charge in [0.2, 0.25) is 5.91 Å². The van der Waals surface area contributed by atoms with E-state index >= 15 is 0 Å². The fourth-order valence-electron chi connectivity index (χ4n) is 3.14. The third kappa shape index (κ3) is 4.79. The Morgan fingerprint density at radius 2 is 2.04 bits per heavy atom. The highest BCUT2D eigenvalue weighted by molar-refractivity contribution is 5.95. The molecule has 2 rings (SSSR count). The van der Waals surface area contributed by atoms with E-state index in [0.29, 0.717) is 29.1 Å². The largest absolute Gasteiger partial charge is 0.465 e. The number of nitrogens with one attached hydrogen (secondary N) is 2. The van der Waals surface area contributed by atoms with Crippen LogP contribution in [0.4, 0.5) is 5.69 Å². The zero-order valence-corrected chi connectivity index (χ0v) is 14.1. The van der Waals surface area contributed by atoms with Crippen LogP contribution in [-0.2, 0) is 9.53 Å². The van der Waals surface area contributed by atoms with Crippen LogP contribution >= 0.6 is 0 Å². The van der Waals surface area contributed by atoms with Gasteiger partial charge in [0, 0.05) is 11.7 Å². The van der Waals surface area contributed by atoms with Gasteiger partial charge in [0.25, 0.3) is 0 Å². The van der Waals surface area contributed by atoms with Gasteiger partial charge >= 0.3 is 5.97 Å². The van der Waals surface area contributed by atoms with Crippen molar-refractivity contribution in [3.05, 3.63) is 29.8 Å². The Bertz CT molecular complexity index is 559. The number of carbonyl (C=O) groups is 2. The van der Waals surface area contributed by atoms with Crippen LogP contribution in [0.2, 0.25) is 0 Å². The Morgan fingerprint density at radius 1 is 1.26 bits per heavy atom. The Hall–Kier alpha value is -1.88. The number of anilines is 1. The van der Waals surface area contributed by atoms with Gasteiger partial charge in [0.15, 0.2) is 0 Å². The maximum Gasteiger partial charge on any atom is 0.337 e. The lowest BCUT2D eigenvalue weighted by molar-refractivity contribution is -0.115. The number of hydrogen-bond acceptors (Lipinski definition) is 4. The summed E-state index contributed by atoms with van der Waals surface area (Å²) < 4.78 is 4.68. The Balaban J connectivity index is 1.86. The van der Waals surface area contributed by atoms with Gasteiger partial charge in [-0.2, -0.15) is 0 Å². The highest BCUT2D eigenvalue weighted by atomic mass is 16.5. The molecular weight excluding hydrogens is 292 g/mol. The van der Waals surface area contributed by atoms with Gasteiger partial charge in [-0.15, -0.1) is 0 Å². The molecular formula is C18H26N2O3. The van der Waals surface area contributed by atoms with Gasteiger partial charge < -0.3 is 15.4 Å². The molecule has 0 bridgehead atoms. The van der Waals surface area contributed by atoms with Crippen molar-refractivity contribution in [2.24, 2.45) is 11.8 Å². The summed E-state index contributed by atoms with van der Waals surface area (Å²) in [5.74, 6) is 0.766. The van der Waals surface area contributed by atoms with Gasteiger partial charge in [0.1, 0.15) is 0 Å². The standard InChI is InChI=1S/C18H26N2O3/c1-12-6-4-9-16(13(12)2)19-11-17(21)20-15-8-5-7-14(10-15)18(22)23-3/h5,7-8,10,12-13,16,19H,4,6,9,11H2,1-3H3,(H,20,21). The van der Waals surface area contributed by atoms with Crippen molar-refractivity contribution in [1.29, 1.82) is 0 Å². The first kappa shape index (κ1) is 17.5. The van der Waals surface area contributed by atoms with Crippen molar-refractivity contribution in [2.75, 3.05) is 19.0 Å². The van der Waals surface area contributed by atoms with Crippen LogP contribution in [-0.4, -0.2) is 31.6 Å². The van der Waals surface area contributed by atoms with Crippen molar-refractivity contribution in [3.8, 4) is 0 Å². The molecule has 5 nitrogen and oxygen atoms in total. The quantitative estimate of drug-likeness (QED) is 0.819. The second-order valence-electron chi connectivity index (χ2n) is 6.38. The van der Waals surface area contributed by atoms with Gasteiger partial charge in [-0.1, -0.05) is 32.8 Å². The molecule has 2 N–H and O–H groups in total. The Labute approximate surface area is 137 Å². The van der Waals surface area contributed by atoms with Crippen molar-refractivity contribution >= 4 is 17.6 Å². The van der Waals surface area contributed by atoms with Crippen LogP contribution in [0, 0.1) is 11.8 Å². The molecule has 1 aromatic rings. The first-order chi connectivity index (χ1) is 11.0. The van der Waals surface area contributed by atoms with Crippen molar-refractivity contribution in [1.82, 2.24) is 5.32 Å². The summed E-state index contributed by atoms with van der Waals surface area (Å²) in [7, 11) is 1.34. The summed E-state index contributed by atoms with van der Waals surface area (Å²) in [6.07, 6.45) is 3.61. The molecule has 1 aliphatic rings. The van der Waals surface area contributed by atoms with E-state index in [0.717, 1.165) is 6.42 Å². The lowest BCUT2D eigenvalue weighted by atomic mass is 9.78. The number of amides is 1. The average Bonchev–Trinajstić information content (AvgIpc) is 2.55. The molecule has 126 valence electrons. The van der Waals surface area contributed by atoms with E-state index in [1.807, 2.05) is 0 Å². The second kappa shape index (κ2) is 8.11. The average molecular weight is 318 g/mol. The predicted molar refractivity (Wildman–Crippen MR) is 90.4 cm³/mol. The minimum atomic E-state index is -0.413. The summed E-state index contributed by atoms with van der Waals surface area (Å²) >= 11 is 0. The zero-order chi connectivity index (χ0) is 16.8. The molecule has 1 amide bonds. The molecule has 0 radical (unpaired) electrons. The molecule has 23 heavy (non-hydrogen) atoms. The lowest BCUT2D eigenvalue weighted by Crippen LogP contribution is -2.43. The van der Waals surface area contributed by atoms with Gasteiger partial charge in [-0.05, 0) is 36.5 Å². The topological polar surface area (TPSA) is 67.4 Å². The fraction of sp³-hybridized carbons (Fsp3) is 0.556. The van der Waals surface area contributed by atoms with Crippen LogP contribution in [0.5, 0.6) is 0 Å². The summed E-state index contributed by atoms with van der Waals surface area (Å²) in [6, 6.07) is 7.15. The van der Waals surface area contributed by atoms with Crippen molar-refractivity contribution < 1.29 is 14.3 Å². The van der Waals surface area contributed by atoms with Gasteiger partial charge in [-0.25, -0.2) is 4.79 Å². The maximum absolute atomic E-state index is 12.1. The molecule has 1 fully saturated rings. The fourth-order valence-corrected chi connectivity index (χ4v) is 3.14. The van der Waals surface area contributed by atoms with Crippen LogP contribution < -0.4 is 10.6 Å². The molecule has 0 aliphatic heterocycles. The summed E-state index contributed by atoms with van der Waals surface area (Å²) in [5, 5.41) is 6.18. The van der Waals surface area contributed by atoms with Crippen molar-refractivity contribution in [2.45, 2.75) is 39.2 Å². The van der Waals surface area contributed by atoms with E-state index in [1.54, 1.807) is 24.3 Å². The number of benzene rings is 1. The number of rotatable bonds is 5. The summed E-state index contributed by atoms with van der Waals surface area (Å²) in [6.45, 7) is 4.81. The smallest absolute Gasteiger partial charge is 0.337 e. The SMILES string of the molecule is COC(=O)c1cccc(NC(=O)CNC2CCCC(C)C2C)c1. The normalized spacial score (nSPS) is 24.0. The number of ether oxygens (including phenoxy) is 1. The van der Waals surface area contributed by atoms with Gasteiger partial charge in [0.05, 0.1) is 19.2 Å². The van der Waals surface area contributed by atoms with E-state index in [9.17, 15) is 9.59 Å². The van der Waals surface area contributed by atoms with Crippen LogP contribution in [0.15, 0.2) is 24.3 Å². The molecule has 1 saturated carbocycles. The number of esters is 1. The van der Waals surface area contributed by atoms with Crippen LogP contribution in [0.1, 0.15) is 43.5 Å². The summed E-state index contributed by atoms with van der Waals surface area (Å²) in [4.78, 5) is 23.6. The van der Waals surface area contributed by atoms with Crippen LogP contribution in [0.25, 0.3) is 0 Å². The number of hydrogen-bond donors (Lipinski definition) is 2. The van der Waals surface area contributed by atoms with Crippen LogP contribution in [0.3, 0.4) is 0 Å². The van der Waals surface area contributed by atoms with E-state index < -0.39 is 5.97 Å². The third-order valence-corrected chi connectivity index (χ3v) is 4.80. The molecule has 1 aromatic carbocycles. The first-order valence-corrected chi connectivity index (χ1v) is 8.23. The summed E-state index contributed by atoms with van der Waals surface area (Å²) in [5.41, 5.74) is 1.03. The first-order valence-electron chi connectivity index (χ1n) is 8.23. The van der Waals surface area contributed by atoms with E-state index in [2.05, 4.69) is 29.2 Å². The third-order valence-electron chi connectivity index (χ3n) is 4.80. The Kier molecular flexibility index (Phi) is 6.16. The lowest BCUT2D eigenvalue weighted by Gasteiger charge is -2.34. The zero-order valence-electron chi connectivity index (χ0n) is 14.1. The number of methoxy groups -OCH3 is 1. The molecule has 5 heteroatoms. The molecule has 1 aliphatic carbocycles. The van der Waals surface area contributed by atoms with Gasteiger partial charge in [-0.3, -0.25) is 4.79 Å². The number of carbonyl (C=O) groups excluding carboxylic acids is 2. The molecule has 0 heterocycles. The Morgan fingerprint density at radius 3 is 2.78 bits per heavy atom. The minimum absolute atomic E-state index is 0.0996. The predicted octanol–water partition coefficient (Wildman–Crippen LogP) is 2.83. The molecule has 3 atom stereocenters. The minimum Gasteiger partial charge on any atom is -0.465 e. The molecule has 0 spiro atoms. The molecule has 3 unspecified atom stereocenters. The maximum atomic E-state index is 12.1. The van der Waals surface area contributed by atoms with Crippen molar-refractivity contribution in [3.63, 3.8) is 0 Å². The monoisotopic (exact) mass is 318 g/mol. The highest BCUT2D eigenvalue weighted by Gasteiger charge is 2.26. The highest BCUT2D eigenvalue weighted by Crippen LogP contribution is 2.29. The van der Waals surface area contributed by atoms with E-state index in [4.69, 9.17) is 0 Å². The molecule has 0 aromatic heterocycles. The van der Waals surface area contributed by atoms with E-state index in [-0.39, 0.29) is 12.5 Å². The van der Waals surface area contributed by atoms with E-state index in [1.165, 1.54) is 20.0 Å². The second-order valence-corrected chi connectivity index (χ2v) is 6.38. The molecule has 0 saturated heterocycles.